The van der Waals surface area contributed by atoms with E-state index in [2.05, 4.69) is 15.3 Å². The van der Waals surface area contributed by atoms with E-state index in [1.54, 1.807) is 4.68 Å². The molecule has 1 aliphatic heterocycles. The maximum absolute atomic E-state index is 12.6. The predicted octanol–water partition coefficient (Wildman–Crippen LogP) is 2.97. The second kappa shape index (κ2) is 8.55. The molecule has 158 valence electrons. The molecule has 1 aliphatic rings. The summed E-state index contributed by atoms with van der Waals surface area (Å²) in [7, 11) is 0. The first-order valence-electron chi connectivity index (χ1n) is 10.3. The number of piperidine rings is 1. The van der Waals surface area contributed by atoms with Crippen molar-refractivity contribution >= 4 is 28.7 Å². The first-order valence-corrected chi connectivity index (χ1v) is 10.6. The smallest absolute Gasteiger partial charge is 0.281 e. The highest BCUT2D eigenvalue weighted by Gasteiger charge is 2.27. The molecular formula is C21H25ClN6O2. The van der Waals surface area contributed by atoms with Crippen molar-refractivity contribution < 1.29 is 4.79 Å². The van der Waals surface area contributed by atoms with Gasteiger partial charge in [-0.1, -0.05) is 48.9 Å². The van der Waals surface area contributed by atoms with Crippen LogP contribution in [0.5, 0.6) is 0 Å². The van der Waals surface area contributed by atoms with Gasteiger partial charge in [-0.3, -0.25) is 9.59 Å². The van der Waals surface area contributed by atoms with E-state index in [1.807, 2.05) is 43.0 Å². The first kappa shape index (κ1) is 20.5. The van der Waals surface area contributed by atoms with Crippen LogP contribution in [0.2, 0.25) is 5.02 Å². The Morgan fingerprint density at radius 3 is 2.90 bits per heavy atom. The monoisotopic (exact) mass is 428 g/mol. The van der Waals surface area contributed by atoms with Crippen LogP contribution >= 0.6 is 11.6 Å². The highest BCUT2D eigenvalue weighted by Crippen LogP contribution is 2.26. The maximum atomic E-state index is 12.6. The second-order valence-electron chi connectivity index (χ2n) is 8.24. The van der Waals surface area contributed by atoms with E-state index in [0.717, 1.165) is 24.9 Å². The molecule has 1 fully saturated rings. The Balaban J connectivity index is 1.63. The molecule has 4 rings (SSSR count). The van der Waals surface area contributed by atoms with Gasteiger partial charge in [0.25, 0.3) is 5.56 Å². The third-order valence-electron chi connectivity index (χ3n) is 5.41. The van der Waals surface area contributed by atoms with Crippen LogP contribution in [0.15, 0.2) is 29.1 Å². The van der Waals surface area contributed by atoms with Crippen molar-refractivity contribution in [2.45, 2.75) is 45.6 Å². The van der Waals surface area contributed by atoms with Crippen molar-refractivity contribution in [1.82, 2.24) is 29.9 Å². The number of amides is 1. The third kappa shape index (κ3) is 4.23. The van der Waals surface area contributed by atoms with Crippen molar-refractivity contribution in [3.8, 4) is 0 Å². The summed E-state index contributed by atoms with van der Waals surface area (Å²) in [4.78, 5) is 34.6. The van der Waals surface area contributed by atoms with Gasteiger partial charge in [0.05, 0.1) is 6.54 Å². The third-order valence-corrected chi connectivity index (χ3v) is 5.78. The van der Waals surface area contributed by atoms with Gasteiger partial charge >= 0.3 is 0 Å². The number of aromatic nitrogens is 5. The standard InChI is InChI=1S/C21H25ClN6O2/c1-13(2)10-17(29)27-9-5-7-15(11-27)19-23-20-18(21(30)24-19)25-26-28(20)12-14-6-3-4-8-16(14)22/h3-4,6,8,13,15H,5,7,9-12H2,1-2H3,(H,23,24,30). The lowest BCUT2D eigenvalue weighted by Crippen LogP contribution is -2.40. The van der Waals surface area contributed by atoms with E-state index in [-0.39, 0.29) is 22.9 Å². The largest absolute Gasteiger partial charge is 0.342 e. The lowest BCUT2D eigenvalue weighted by Gasteiger charge is -2.32. The second-order valence-corrected chi connectivity index (χ2v) is 8.65. The molecular weight excluding hydrogens is 404 g/mol. The van der Waals surface area contributed by atoms with Gasteiger partial charge in [0.2, 0.25) is 5.91 Å². The van der Waals surface area contributed by atoms with E-state index in [1.165, 1.54) is 0 Å². The highest BCUT2D eigenvalue weighted by atomic mass is 35.5. The Kier molecular flexibility index (Phi) is 5.85. The molecule has 9 heteroatoms. The maximum Gasteiger partial charge on any atom is 0.281 e. The SMILES string of the molecule is CC(C)CC(=O)N1CCCC(c2nc3c(nnn3Cc3ccccc3Cl)c(=O)[nH]2)C1. The van der Waals surface area contributed by atoms with Crippen molar-refractivity contribution in [2.75, 3.05) is 13.1 Å². The minimum absolute atomic E-state index is 0.0179. The summed E-state index contributed by atoms with van der Waals surface area (Å²) >= 11 is 6.27. The summed E-state index contributed by atoms with van der Waals surface area (Å²) in [5, 5.41) is 8.74. The Hall–Kier alpha value is -2.74. The van der Waals surface area contributed by atoms with E-state index in [0.29, 0.717) is 41.9 Å². The van der Waals surface area contributed by atoms with Crippen LogP contribution < -0.4 is 5.56 Å². The predicted molar refractivity (Wildman–Crippen MR) is 115 cm³/mol. The fourth-order valence-electron chi connectivity index (χ4n) is 3.88. The number of benzene rings is 1. The molecule has 1 aromatic carbocycles. The summed E-state index contributed by atoms with van der Waals surface area (Å²) < 4.78 is 1.60. The summed E-state index contributed by atoms with van der Waals surface area (Å²) in [5.74, 6) is 1.04. The van der Waals surface area contributed by atoms with E-state index in [4.69, 9.17) is 16.6 Å². The molecule has 1 N–H and O–H groups in total. The molecule has 0 radical (unpaired) electrons. The molecule has 1 amide bonds. The van der Waals surface area contributed by atoms with Crippen LogP contribution in [-0.2, 0) is 11.3 Å². The highest BCUT2D eigenvalue weighted by molar-refractivity contribution is 6.31. The quantitative estimate of drug-likeness (QED) is 0.673. The number of hydrogen-bond acceptors (Lipinski definition) is 5. The molecule has 1 atom stereocenters. The van der Waals surface area contributed by atoms with Gasteiger partial charge in [-0.25, -0.2) is 9.67 Å². The van der Waals surface area contributed by atoms with Crippen LogP contribution in [-0.4, -0.2) is 48.9 Å². The van der Waals surface area contributed by atoms with Gasteiger partial charge in [0.15, 0.2) is 11.2 Å². The number of hydrogen-bond donors (Lipinski definition) is 1. The number of fused-ring (bicyclic) bond motifs is 1. The number of nitrogens with zero attached hydrogens (tertiary/aromatic N) is 5. The van der Waals surface area contributed by atoms with Gasteiger partial charge in [-0.15, -0.1) is 5.10 Å². The minimum atomic E-state index is -0.314. The molecule has 0 bridgehead atoms. The molecule has 1 saturated heterocycles. The zero-order chi connectivity index (χ0) is 21.3. The summed E-state index contributed by atoms with van der Waals surface area (Å²) in [5.41, 5.74) is 1.19. The van der Waals surface area contributed by atoms with Crippen molar-refractivity contribution in [3.05, 3.63) is 51.0 Å². The fraction of sp³-hybridized carbons (Fsp3) is 0.476. The summed E-state index contributed by atoms with van der Waals surface area (Å²) in [6.45, 7) is 5.77. The van der Waals surface area contributed by atoms with Crippen LogP contribution in [0.25, 0.3) is 11.2 Å². The van der Waals surface area contributed by atoms with Gasteiger partial charge in [-0.2, -0.15) is 0 Å². The lowest BCUT2D eigenvalue weighted by molar-refractivity contribution is -0.133. The van der Waals surface area contributed by atoms with Crippen molar-refractivity contribution in [1.29, 1.82) is 0 Å². The summed E-state index contributed by atoms with van der Waals surface area (Å²) in [6, 6.07) is 7.48. The number of carbonyl (C=O) groups excluding carboxylic acids is 1. The number of nitrogens with one attached hydrogen (secondary N) is 1. The van der Waals surface area contributed by atoms with Crippen LogP contribution in [0.3, 0.4) is 0 Å². The molecule has 30 heavy (non-hydrogen) atoms. The van der Waals surface area contributed by atoms with Crippen LogP contribution in [0.1, 0.15) is 50.4 Å². The Morgan fingerprint density at radius 1 is 1.33 bits per heavy atom. The fourth-order valence-corrected chi connectivity index (χ4v) is 4.07. The Labute approximate surface area is 179 Å². The van der Waals surface area contributed by atoms with Crippen LogP contribution in [0.4, 0.5) is 0 Å². The number of likely N-dealkylation sites (tertiary alicyclic amines) is 1. The summed E-state index contributed by atoms with van der Waals surface area (Å²) in [6.07, 6.45) is 2.28. The Bertz CT molecular complexity index is 1120. The minimum Gasteiger partial charge on any atom is -0.342 e. The normalized spacial score (nSPS) is 17.1. The van der Waals surface area contributed by atoms with Gasteiger partial charge < -0.3 is 9.88 Å². The van der Waals surface area contributed by atoms with Crippen molar-refractivity contribution in [3.63, 3.8) is 0 Å². The van der Waals surface area contributed by atoms with E-state index >= 15 is 0 Å². The molecule has 3 heterocycles. The van der Waals surface area contributed by atoms with E-state index < -0.39 is 0 Å². The zero-order valence-electron chi connectivity index (χ0n) is 17.1. The number of H-pyrrole nitrogens is 1. The van der Waals surface area contributed by atoms with Gasteiger partial charge in [0.1, 0.15) is 5.82 Å². The zero-order valence-corrected chi connectivity index (χ0v) is 17.9. The first-order chi connectivity index (χ1) is 14.4. The van der Waals surface area contributed by atoms with E-state index in [9.17, 15) is 9.59 Å². The topological polar surface area (TPSA) is 96.8 Å². The van der Waals surface area contributed by atoms with Crippen LogP contribution in [0, 0.1) is 5.92 Å². The molecule has 0 saturated carbocycles. The average Bonchev–Trinajstić information content (AvgIpc) is 3.13. The molecule has 0 aliphatic carbocycles. The van der Waals surface area contributed by atoms with Gasteiger partial charge in [0, 0.05) is 30.5 Å². The number of aromatic amines is 1. The molecule has 0 spiro atoms. The lowest BCUT2D eigenvalue weighted by atomic mass is 9.96. The molecule has 3 aromatic rings. The molecule has 1 unspecified atom stereocenters. The molecule has 2 aromatic heterocycles. The van der Waals surface area contributed by atoms with Gasteiger partial charge in [-0.05, 0) is 30.4 Å². The number of halogens is 1. The Morgan fingerprint density at radius 2 is 2.13 bits per heavy atom. The number of carbonyl (C=O) groups is 1. The molecule has 8 nitrogen and oxygen atoms in total. The number of rotatable bonds is 5. The average molecular weight is 429 g/mol. The van der Waals surface area contributed by atoms with Crippen molar-refractivity contribution in [2.24, 2.45) is 5.92 Å².